The van der Waals surface area contributed by atoms with Crippen LogP contribution in [0.3, 0.4) is 0 Å². The molecule has 0 radical (unpaired) electrons. The molecular formula is C17H15BrN2. The molecule has 0 fully saturated rings. The van der Waals surface area contributed by atoms with Crippen LogP contribution in [0.5, 0.6) is 0 Å². The molecular weight excluding hydrogens is 312 g/mol. The van der Waals surface area contributed by atoms with Crippen molar-refractivity contribution in [3.8, 4) is 0 Å². The van der Waals surface area contributed by atoms with Gasteiger partial charge in [-0.1, -0.05) is 28.1 Å². The standard InChI is InChI=1S/C17H15BrN2/c1-12-6-7-19-10-15(12)11-20-17-5-3-13-8-16(18)4-2-14(13)9-17/h2-10,20H,11H2,1H3. The van der Waals surface area contributed by atoms with Crippen molar-refractivity contribution in [1.82, 2.24) is 4.98 Å². The second kappa shape index (κ2) is 5.63. The Bertz CT molecular complexity index is 753. The number of hydrogen-bond donors (Lipinski definition) is 1. The maximum absolute atomic E-state index is 4.17. The first-order chi connectivity index (χ1) is 9.72. The van der Waals surface area contributed by atoms with Gasteiger partial charge in [-0.15, -0.1) is 0 Å². The van der Waals surface area contributed by atoms with E-state index in [1.165, 1.54) is 21.9 Å². The Morgan fingerprint density at radius 1 is 1.05 bits per heavy atom. The lowest BCUT2D eigenvalue weighted by molar-refractivity contribution is 1.08. The van der Waals surface area contributed by atoms with E-state index in [4.69, 9.17) is 0 Å². The lowest BCUT2D eigenvalue weighted by Crippen LogP contribution is -2.01. The van der Waals surface area contributed by atoms with Crippen LogP contribution in [0.15, 0.2) is 59.3 Å². The van der Waals surface area contributed by atoms with Crippen LogP contribution in [-0.2, 0) is 6.54 Å². The van der Waals surface area contributed by atoms with Crippen molar-refractivity contribution in [3.05, 3.63) is 70.5 Å². The zero-order valence-electron chi connectivity index (χ0n) is 11.2. The van der Waals surface area contributed by atoms with E-state index in [1.807, 2.05) is 18.5 Å². The summed E-state index contributed by atoms with van der Waals surface area (Å²) in [5.41, 5.74) is 3.61. The van der Waals surface area contributed by atoms with Crippen LogP contribution in [-0.4, -0.2) is 4.98 Å². The summed E-state index contributed by atoms with van der Waals surface area (Å²) < 4.78 is 1.11. The topological polar surface area (TPSA) is 24.9 Å². The van der Waals surface area contributed by atoms with E-state index >= 15 is 0 Å². The Balaban J connectivity index is 1.81. The van der Waals surface area contributed by atoms with Crippen LogP contribution in [0.2, 0.25) is 0 Å². The quantitative estimate of drug-likeness (QED) is 0.739. The van der Waals surface area contributed by atoms with E-state index in [0.29, 0.717) is 0 Å². The van der Waals surface area contributed by atoms with Gasteiger partial charge in [-0.05, 0) is 59.2 Å². The minimum atomic E-state index is 0.793. The Hall–Kier alpha value is -1.87. The smallest absolute Gasteiger partial charge is 0.0418 e. The molecule has 1 heterocycles. The van der Waals surface area contributed by atoms with Gasteiger partial charge in [0.2, 0.25) is 0 Å². The van der Waals surface area contributed by atoms with Gasteiger partial charge >= 0.3 is 0 Å². The van der Waals surface area contributed by atoms with E-state index in [-0.39, 0.29) is 0 Å². The second-order valence-electron chi connectivity index (χ2n) is 4.86. The SMILES string of the molecule is Cc1ccncc1CNc1ccc2cc(Br)ccc2c1. The average molecular weight is 327 g/mol. The van der Waals surface area contributed by atoms with Gasteiger partial charge in [0, 0.05) is 29.1 Å². The molecule has 0 saturated heterocycles. The number of aryl methyl sites for hydroxylation is 1. The van der Waals surface area contributed by atoms with E-state index in [9.17, 15) is 0 Å². The fraction of sp³-hybridized carbons (Fsp3) is 0.118. The fourth-order valence-electron chi connectivity index (χ4n) is 2.21. The molecule has 0 spiro atoms. The van der Waals surface area contributed by atoms with Crippen molar-refractivity contribution in [3.63, 3.8) is 0 Å². The highest BCUT2D eigenvalue weighted by Gasteiger charge is 2.00. The van der Waals surface area contributed by atoms with Gasteiger partial charge in [0.05, 0.1) is 0 Å². The van der Waals surface area contributed by atoms with Gasteiger partial charge in [-0.2, -0.15) is 0 Å². The van der Waals surface area contributed by atoms with Gasteiger partial charge in [0.1, 0.15) is 0 Å². The zero-order valence-corrected chi connectivity index (χ0v) is 12.8. The fourth-order valence-corrected chi connectivity index (χ4v) is 2.58. The molecule has 100 valence electrons. The molecule has 0 bridgehead atoms. The zero-order chi connectivity index (χ0) is 13.9. The van der Waals surface area contributed by atoms with Gasteiger partial charge in [0.25, 0.3) is 0 Å². The first kappa shape index (κ1) is 13.1. The highest BCUT2D eigenvalue weighted by Crippen LogP contribution is 2.23. The van der Waals surface area contributed by atoms with Crippen LogP contribution in [0.25, 0.3) is 10.8 Å². The molecule has 3 aromatic rings. The molecule has 20 heavy (non-hydrogen) atoms. The molecule has 0 aliphatic carbocycles. The lowest BCUT2D eigenvalue weighted by Gasteiger charge is -2.09. The summed E-state index contributed by atoms with van der Waals surface area (Å²) in [5.74, 6) is 0. The van der Waals surface area contributed by atoms with E-state index < -0.39 is 0 Å². The maximum atomic E-state index is 4.17. The van der Waals surface area contributed by atoms with Crippen molar-refractivity contribution >= 4 is 32.4 Å². The molecule has 2 nitrogen and oxygen atoms in total. The van der Waals surface area contributed by atoms with Gasteiger partial charge in [-0.25, -0.2) is 0 Å². The molecule has 1 N–H and O–H groups in total. The number of pyridine rings is 1. The van der Waals surface area contributed by atoms with Crippen LogP contribution >= 0.6 is 15.9 Å². The summed E-state index contributed by atoms with van der Waals surface area (Å²) in [7, 11) is 0. The number of rotatable bonds is 3. The molecule has 0 unspecified atom stereocenters. The van der Waals surface area contributed by atoms with Crippen molar-refractivity contribution in [2.75, 3.05) is 5.32 Å². The predicted molar refractivity (Wildman–Crippen MR) is 87.9 cm³/mol. The van der Waals surface area contributed by atoms with Gasteiger partial charge in [-0.3, -0.25) is 4.98 Å². The van der Waals surface area contributed by atoms with Crippen LogP contribution in [0.1, 0.15) is 11.1 Å². The van der Waals surface area contributed by atoms with E-state index in [1.54, 1.807) is 0 Å². The highest BCUT2D eigenvalue weighted by molar-refractivity contribution is 9.10. The number of benzene rings is 2. The third-order valence-corrected chi connectivity index (χ3v) is 3.93. The molecule has 3 rings (SSSR count). The first-order valence-corrected chi connectivity index (χ1v) is 7.34. The molecule has 0 aliphatic rings. The van der Waals surface area contributed by atoms with Crippen molar-refractivity contribution in [2.24, 2.45) is 0 Å². The summed E-state index contributed by atoms with van der Waals surface area (Å²) in [6.45, 7) is 2.90. The predicted octanol–water partition coefficient (Wildman–Crippen LogP) is 4.92. The summed E-state index contributed by atoms with van der Waals surface area (Å²) in [6.07, 6.45) is 3.74. The molecule has 1 aromatic heterocycles. The number of halogens is 1. The number of hydrogen-bond acceptors (Lipinski definition) is 2. The summed E-state index contributed by atoms with van der Waals surface area (Å²) in [5, 5.41) is 5.93. The Kier molecular flexibility index (Phi) is 3.70. The van der Waals surface area contributed by atoms with Gasteiger partial charge < -0.3 is 5.32 Å². The summed E-state index contributed by atoms with van der Waals surface area (Å²) in [6, 6.07) is 14.8. The van der Waals surface area contributed by atoms with E-state index in [2.05, 4.69) is 69.6 Å². The summed E-state index contributed by atoms with van der Waals surface area (Å²) in [4.78, 5) is 4.17. The number of nitrogens with one attached hydrogen (secondary N) is 1. The molecule has 0 aliphatic heterocycles. The Morgan fingerprint density at radius 2 is 1.85 bits per heavy atom. The third kappa shape index (κ3) is 2.83. The lowest BCUT2D eigenvalue weighted by atomic mass is 10.1. The Morgan fingerprint density at radius 3 is 2.70 bits per heavy atom. The maximum Gasteiger partial charge on any atom is 0.0418 e. The molecule has 3 heteroatoms. The summed E-state index contributed by atoms with van der Waals surface area (Å²) >= 11 is 3.50. The van der Waals surface area contributed by atoms with Gasteiger partial charge in [0.15, 0.2) is 0 Å². The minimum Gasteiger partial charge on any atom is -0.381 e. The molecule has 0 saturated carbocycles. The second-order valence-corrected chi connectivity index (χ2v) is 5.78. The van der Waals surface area contributed by atoms with E-state index in [0.717, 1.165) is 16.7 Å². The normalized spacial score (nSPS) is 10.7. The number of fused-ring (bicyclic) bond motifs is 1. The van der Waals surface area contributed by atoms with Crippen molar-refractivity contribution in [2.45, 2.75) is 13.5 Å². The molecule has 2 aromatic carbocycles. The van der Waals surface area contributed by atoms with Crippen molar-refractivity contribution < 1.29 is 0 Å². The minimum absolute atomic E-state index is 0.793. The molecule has 0 amide bonds. The van der Waals surface area contributed by atoms with Crippen LogP contribution in [0.4, 0.5) is 5.69 Å². The first-order valence-electron chi connectivity index (χ1n) is 6.55. The molecule has 0 atom stereocenters. The highest BCUT2D eigenvalue weighted by atomic mass is 79.9. The largest absolute Gasteiger partial charge is 0.381 e. The number of nitrogens with zero attached hydrogens (tertiary/aromatic N) is 1. The Labute approximate surface area is 127 Å². The monoisotopic (exact) mass is 326 g/mol. The van der Waals surface area contributed by atoms with Crippen LogP contribution in [0, 0.1) is 6.92 Å². The number of anilines is 1. The average Bonchev–Trinajstić information content (AvgIpc) is 2.46. The number of aromatic nitrogens is 1. The van der Waals surface area contributed by atoms with Crippen LogP contribution < -0.4 is 5.32 Å². The third-order valence-electron chi connectivity index (χ3n) is 3.43. The van der Waals surface area contributed by atoms with Crippen molar-refractivity contribution in [1.29, 1.82) is 0 Å².